The molecule has 1 N–H and O–H groups in total. The largest absolute Gasteiger partial charge is 0.478 e. The first-order valence-corrected chi connectivity index (χ1v) is 6.77. The summed E-state index contributed by atoms with van der Waals surface area (Å²) in [4.78, 5) is 12.7. The van der Waals surface area contributed by atoms with Crippen molar-refractivity contribution < 1.29 is 9.90 Å². The zero-order chi connectivity index (χ0) is 14.0. The van der Waals surface area contributed by atoms with E-state index >= 15 is 0 Å². The summed E-state index contributed by atoms with van der Waals surface area (Å²) >= 11 is 6.17. The van der Waals surface area contributed by atoms with E-state index in [2.05, 4.69) is 18.9 Å². The molecule has 2 rings (SSSR count). The first-order valence-electron chi connectivity index (χ1n) is 6.39. The molecule has 1 aromatic carbocycles. The van der Waals surface area contributed by atoms with Crippen LogP contribution < -0.4 is 4.90 Å². The summed E-state index contributed by atoms with van der Waals surface area (Å²) < 4.78 is 0. The number of carboxylic acids is 1. The SMILES string of the molecule is CC1CC1CN(C)c1ccc(/C=C/C(=O)O)c(Cl)c1. The Morgan fingerprint density at radius 1 is 1.58 bits per heavy atom. The van der Waals surface area contributed by atoms with Gasteiger partial charge in [-0.15, -0.1) is 0 Å². The molecule has 1 aliphatic rings. The summed E-state index contributed by atoms with van der Waals surface area (Å²) in [6, 6.07) is 5.71. The lowest BCUT2D eigenvalue weighted by atomic mass is 10.1. The zero-order valence-corrected chi connectivity index (χ0v) is 11.9. The topological polar surface area (TPSA) is 40.5 Å². The van der Waals surface area contributed by atoms with Crippen molar-refractivity contribution in [3.05, 3.63) is 34.9 Å². The smallest absolute Gasteiger partial charge is 0.328 e. The first-order chi connectivity index (χ1) is 8.97. The number of benzene rings is 1. The van der Waals surface area contributed by atoms with Crippen molar-refractivity contribution in [1.82, 2.24) is 0 Å². The van der Waals surface area contributed by atoms with E-state index in [1.54, 1.807) is 0 Å². The monoisotopic (exact) mass is 279 g/mol. The fourth-order valence-electron chi connectivity index (χ4n) is 2.16. The highest BCUT2D eigenvalue weighted by Crippen LogP contribution is 2.39. The van der Waals surface area contributed by atoms with Gasteiger partial charge in [-0.2, -0.15) is 0 Å². The molecule has 1 fully saturated rings. The summed E-state index contributed by atoms with van der Waals surface area (Å²) in [6.07, 6.45) is 3.91. The molecule has 0 heterocycles. The van der Waals surface area contributed by atoms with Gasteiger partial charge in [-0.25, -0.2) is 4.79 Å². The van der Waals surface area contributed by atoms with E-state index in [0.29, 0.717) is 5.02 Å². The van der Waals surface area contributed by atoms with Crippen LogP contribution in [0.4, 0.5) is 5.69 Å². The van der Waals surface area contributed by atoms with E-state index in [0.717, 1.165) is 35.7 Å². The van der Waals surface area contributed by atoms with E-state index < -0.39 is 5.97 Å². The minimum atomic E-state index is -0.972. The Hall–Kier alpha value is -1.48. The number of anilines is 1. The number of aliphatic carboxylic acids is 1. The van der Waals surface area contributed by atoms with E-state index in [4.69, 9.17) is 16.7 Å². The van der Waals surface area contributed by atoms with Crippen LogP contribution in [0.15, 0.2) is 24.3 Å². The number of hydrogen-bond donors (Lipinski definition) is 1. The van der Waals surface area contributed by atoms with Crippen LogP contribution in [0.3, 0.4) is 0 Å². The minimum Gasteiger partial charge on any atom is -0.478 e. The number of halogens is 1. The molecule has 0 bridgehead atoms. The molecule has 0 amide bonds. The van der Waals surface area contributed by atoms with Gasteiger partial charge in [0.25, 0.3) is 0 Å². The van der Waals surface area contributed by atoms with Crippen LogP contribution >= 0.6 is 11.6 Å². The Morgan fingerprint density at radius 3 is 2.79 bits per heavy atom. The predicted octanol–water partition coefficient (Wildman–Crippen LogP) is 3.53. The summed E-state index contributed by atoms with van der Waals surface area (Å²) in [5, 5.41) is 9.18. The average Bonchev–Trinajstić information content (AvgIpc) is 3.03. The van der Waals surface area contributed by atoms with Gasteiger partial charge in [0.15, 0.2) is 0 Å². The highest BCUT2D eigenvalue weighted by molar-refractivity contribution is 6.32. The van der Waals surface area contributed by atoms with E-state index in [9.17, 15) is 4.79 Å². The second-order valence-corrected chi connectivity index (χ2v) is 5.64. The lowest BCUT2D eigenvalue weighted by Crippen LogP contribution is -2.20. The summed E-state index contributed by atoms with van der Waals surface area (Å²) in [5.41, 5.74) is 1.79. The number of carboxylic acid groups (broad SMARTS) is 1. The molecule has 0 aliphatic heterocycles. The molecule has 2 atom stereocenters. The second kappa shape index (κ2) is 5.66. The Balaban J connectivity index is 2.07. The van der Waals surface area contributed by atoms with Crippen molar-refractivity contribution in [3.63, 3.8) is 0 Å². The van der Waals surface area contributed by atoms with Gasteiger partial charge in [-0.05, 0) is 42.0 Å². The van der Waals surface area contributed by atoms with Gasteiger partial charge >= 0.3 is 5.97 Å². The Labute approximate surface area is 118 Å². The van der Waals surface area contributed by atoms with Gasteiger partial charge in [0.2, 0.25) is 0 Å². The highest BCUT2D eigenvalue weighted by atomic mass is 35.5. The van der Waals surface area contributed by atoms with E-state index in [1.165, 1.54) is 12.5 Å². The molecule has 3 nitrogen and oxygen atoms in total. The fourth-order valence-corrected chi connectivity index (χ4v) is 2.40. The van der Waals surface area contributed by atoms with Crippen molar-refractivity contribution in [2.24, 2.45) is 11.8 Å². The van der Waals surface area contributed by atoms with Crippen LogP contribution in [-0.2, 0) is 4.79 Å². The van der Waals surface area contributed by atoms with Gasteiger partial charge in [-0.1, -0.05) is 24.6 Å². The summed E-state index contributed by atoms with van der Waals surface area (Å²) in [7, 11) is 2.06. The Bertz CT molecular complexity index is 513. The molecule has 2 unspecified atom stereocenters. The van der Waals surface area contributed by atoms with Gasteiger partial charge in [-0.3, -0.25) is 0 Å². The van der Waals surface area contributed by atoms with Crippen molar-refractivity contribution in [1.29, 1.82) is 0 Å². The molecule has 1 aromatic rings. The lowest BCUT2D eigenvalue weighted by molar-refractivity contribution is -0.131. The molecule has 1 aliphatic carbocycles. The second-order valence-electron chi connectivity index (χ2n) is 5.23. The van der Waals surface area contributed by atoms with Crippen LogP contribution in [-0.4, -0.2) is 24.7 Å². The van der Waals surface area contributed by atoms with Crippen LogP contribution in [0.1, 0.15) is 18.9 Å². The first kappa shape index (κ1) is 13.9. The van der Waals surface area contributed by atoms with Gasteiger partial charge < -0.3 is 10.0 Å². The Kier molecular flexibility index (Phi) is 4.15. The summed E-state index contributed by atoms with van der Waals surface area (Å²) in [6.45, 7) is 3.31. The van der Waals surface area contributed by atoms with Gasteiger partial charge in [0, 0.05) is 30.4 Å². The zero-order valence-electron chi connectivity index (χ0n) is 11.1. The maximum Gasteiger partial charge on any atom is 0.328 e. The highest BCUT2D eigenvalue weighted by Gasteiger charge is 2.33. The molecular formula is C15H18ClNO2. The third kappa shape index (κ3) is 3.74. The lowest BCUT2D eigenvalue weighted by Gasteiger charge is -2.20. The maximum atomic E-state index is 10.5. The number of carbonyl (C=O) groups is 1. The van der Waals surface area contributed by atoms with Crippen molar-refractivity contribution in [3.8, 4) is 0 Å². The van der Waals surface area contributed by atoms with Gasteiger partial charge in [0.05, 0.1) is 0 Å². The van der Waals surface area contributed by atoms with E-state index in [1.807, 2.05) is 18.2 Å². The Morgan fingerprint density at radius 2 is 2.26 bits per heavy atom. The molecule has 4 heteroatoms. The minimum absolute atomic E-state index is 0.575. The molecule has 102 valence electrons. The molecule has 0 aromatic heterocycles. The maximum absolute atomic E-state index is 10.5. The van der Waals surface area contributed by atoms with Crippen molar-refractivity contribution in [2.45, 2.75) is 13.3 Å². The third-order valence-corrected chi connectivity index (χ3v) is 3.94. The van der Waals surface area contributed by atoms with Gasteiger partial charge in [0.1, 0.15) is 0 Å². The molecule has 1 saturated carbocycles. The number of nitrogens with zero attached hydrogens (tertiary/aromatic N) is 1. The van der Waals surface area contributed by atoms with Crippen LogP contribution in [0, 0.1) is 11.8 Å². The quantitative estimate of drug-likeness (QED) is 0.838. The molecule has 0 spiro atoms. The fraction of sp³-hybridized carbons (Fsp3) is 0.400. The van der Waals surface area contributed by atoms with Crippen LogP contribution in [0.5, 0.6) is 0 Å². The number of hydrogen-bond acceptors (Lipinski definition) is 2. The van der Waals surface area contributed by atoms with Crippen molar-refractivity contribution in [2.75, 3.05) is 18.5 Å². The average molecular weight is 280 g/mol. The van der Waals surface area contributed by atoms with E-state index in [-0.39, 0.29) is 0 Å². The van der Waals surface area contributed by atoms with Crippen LogP contribution in [0.25, 0.3) is 6.08 Å². The normalized spacial score (nSPS) is 21.6. The predicted molar refractivity (Wildman–Crippen MR) is 78.7 cm³/mol. The molecular weight excluding hydrogens is 262 g/mol. The number of rotatable bonds is 5. The van der Waals surface area contributed by atoms with Crippen LogP contribution in [0.2, 0.25) is 5.02 Å². The molecule has 19 heavy (non-hydrogen) atoms. The third-order valence-electron chi connectivity index (χ3n) is 3.61. The molecule has 0 saturated heterocycles. The van der Waals surface area contributed by atoms with Crippen molar-refractivity contribution >= 4 is 29.3 Å². The standard InChI is InChI=1S/C15H18ClNO2/c1-10-7-12(10)9-17(2)13-5-3-11(14(16)8-13)4-6-15(18)19/h3-6,8,10,12H,7,9H2,1-2H3,(H,18,19)/b6-4+. The molecule has 0 radical (unpaired) electrons. The summed E-state index contributed by atoms with van der Waals surface area (Å²) in [5.74, 6) is 0.644.